The van der Waals surface area contributed by atoms with Gasteiger partial charge in [0.25, 0.3) is 0 Å². The minimum Gasteiger partial charge on any atom is -0.321 e. The third-order valence-corrected chi connectivity index (χ3v) is 4.51. The minimum absolute atomic E-state index is 0.0558. The molecule has 1 nitrogen and oxygen atoms in total. The fourth-order valence-corrected chi connectivity index (χ4v) is 3.13. The molecule has 1 saturated carbocycles. The highest BCUT2D eigenvalue weighted by atomic mass is 14.8. The lowest BCUT2D eigenvalue weighted by molar-refractivity contribution is 0.0166. The zero-order valence-electron chi connectivity index (χ0n) is 10.7. The average molecular weight is 217 g/mol. The Morgan fingerprint density at radius 2 is 1.56 bits per heavy atom. The third-order valence-electron chi connectivity index (χ3n) is 4.51. The molecule has 1 aliphatic carbocycles. The van der Waals surface area contributed by atoms with E-state index in [0.29, 0.717) is 5.41 Å². The van der Waals surface area contributed by atoms with E-state index in [0.717, 1.165) is 12.8 Å². The van der Waals surface area contributed by atoms with Crippen molar-refractivity contribution in [2.24, 2.45) is 11.1 Å². The summed E-state index contributed by atoms with van der Waals surface area (Å²) < 4.78 is 0. The van der Waals surface area contributed by atoms with Gasteiger partial charge in [0.15, 0.2) is 0 Å². The van der Waals surface area contributed by atoms with E-state index in [2.05, 4.69) is 45.0 Å². The maximum absolute atomic E-state index is 6.50. The van der Waals surface area contributed by atoms with Crippen LogP contribution in [-0.4, -0.2) is 0 Å². The first-order valence-corrected chi connectivity index (χ1v) is 6.40. The summed E-state index contributed by atoms with van der Waals surface area (Å²) in [6.45, 7) is 6.70. The SMILES string of the molecule is CCC1(CC)CC(N)(c2ccc(C)cc2)C1. The van der Waals surface area contributed by atoms with Gasteiger partial charge in [-0.25, -0.2) is 0 Å². The van der Waals surface area contributed by atoms with Crippen LogP contribution in [0.2, 0.25) is 0 Å². The molecule has 1 aromatic rings. The average Bonchev–Trinajstić information content (AvgIpc) is 2.25. The van der Waals surface area contributed by atoms with Crippen LogP contribution in [0.4, 0.5) is 0 Å². The van der Waals surface area contributed by atoms with Crippen molar-refractivity contribution in [3.63, 3.8) is 0 Å². The zero-order chi connectivity index (χ0) is 11.8. The molecule has 88 valence electrons. The maximum Gasteiger partial charge on any atom is 0.0420 e. The van der Waals surface area contributed by atoms with E-state index in [4.69, 9.17) is 5.73 Å². The summed E-state index contributed by atoms with van der Waals surface area (Å²) in [5, 5.41) is 0. The molecule has 0 bridgehead atoms. The molecule has 0 aromatic heterocycles. The zero-order valence-corrected chi connectivity index (χ0v) is 10.7. The molecule has 0 atom stereocenters. The first kappa shape index (κ1) is 11.7. The largest absolute Gasteiger partial charge is 0.321 e. The molecule has 16 heavy (non-hydrogen) atoms. The van der Waals surface area contributed by atoms with Gasteiger partial charge in [0.2, 0.25) is 0 Å². The second-order valence-electron chi connectivity index (χ2n) is 5.58. The molecule has 1 aromatic carbocycles. The van der Waals surface area contributed by atoms with E-state index in [1.165, 1.54) is 24.0 Å². The molecule has 0 radical (unpaired) electrons. The lowest BCUT2D eigenvalue weighted by Crippen LogP contribution is -2.55. The van der Waals surface area contributed by atoms with Crippen molar-refractivity contribution in [1.82, 2.24) is 0 Å². The monoisotopic (exact) mass is 217 g/mol. The Bertz CT molecular complexity index is 352. The molecule has 0 heterocycles. The predicted molar refractivity (Wildman–Crippen MR) is 69.3 cm³/mol. The Balaban J connectivity index is 2.15. The highest BCUT2D eigenvalue weighted by Gasteiger charge is 2.50. The summed E-state index contributed by atoms with van der Waals surface area (Å²) in [5.74, 6) is 0. The summed E-state index contributed by atoms with van der Waals surface area (Å²) in [6, 6.07) is 8.73. The first-order valence-electron chi connectivity index (χ1n) is 6.40. The quantitative estimate of drug-likeness (QED) is 0.820. The van der Waals surface area contributed by atoms with E-state index in [9.17, 15) is 0 Å². The maximum atomic E-state index is 6.50. The smallest absolute Gasteiger partial charge is 0.0420 e. The molecule has 1 fully saturated rings. The van der Waals surface area contributed by atoms with Gasteiger partial charge in [-0.2, -0.15) is 0 Å². The standard InChI is InChI=1S/C15H23N/c1-4-14(5-2)10-15(16,11-14)13-8-6-12(3)7-9-13/h6-9H,4-5,10-11,16H2,1-3H3. The molecular formula is C15H23N. The van der Waals surface area contributed by atoms with Gasteiger partial charge < -0.3 is 5.73 Å². The van der Waals surface area contributed by atoms with Gasteiger partial charge in [0.1, 0.15) is 0 Å². The molecule has 0 spiro atoms. The molecule has 2 N–H and O–H groups in total. The van der Waals surface area contributed by atoms with Gasteiger partial charge in [-0.3, -0.25) is 0 Å². The Morgan fingerprint density at radius 3 is 2.00 bits per heavy atom. The van der Waals surface area contributed by atoms with Gasteiger partial charge in [0.05, 0.1) is 0 Å². The van der Waals surface area contributed by atoms with Gasteiger partial charge in [0, 0.05) is 5.54 Å². The molecule has 0 amide bonds. The number of hydrogen-bond acceptors (Lipinski definition) is 1. The van der Waals surface area contributed by atoms with Crippen LogP contribution < -0.4 is 5.73 Å². The Morgan fingerprint density at radius 1 is 1.06 bits per heavy atom. The Labute approximate surface area is 99.0 Å². The van der Waals surface area contributed by atoms with Crippen molar-refractivity contribution < 1.29 is 0 Å². The molecule has 1 heteroatoms. The van der Waals surface area contributed by atoms with Crippen LogP contribution in [0.25, 0.3) is 0 Å². The second-order valence-corrected chi connectivity index (χ2v) is 5.58. The first-order chi connectivity index (χ1) is 7.53. The van der Waals surface area contributed by atoms with E-state index in [1.54, 1.807) is 0 Å². The number of hydrogen-bond donors (Lipinski definition) is 1. The lowest BCUT2D eigenvalue weighted by atomic mass is 9.53. The van der Waals surface area contributed by atoms with Crippen molar-refractivity contribution in [3.05, 3.63) is 35.4 Å². The number of benzene rings is 1. The van der Waals surface area contributed by atoms with Crippen LogP contribution in [0.15, 0.2) is 24.3 Å². The summed E-state index contributed by atoms with van der Waals surface area (Å²) in [7, 11) is 0. The van der Waals surface area contributed by atoms with Crippen molar-refractivity contribution in [2.45, 2.75) is 52.0 Å². The van der Waals surface area contributed by atoms with Gasteiger partial charge in [-0.1, -0.05) is 56.5 Å². The third kappa shape index (κ3) is 1.78. The van der Waals surface area contributed by atoms with Crippen LogP contribution in [0.5, 0.6) is 0 Å². The topological polar surface area (TPSA) is 26.0 Å². The summed E-state index contributed by atoms with van der Waals surface area (Å²) in [5.41, 5.74) is 9.58. The molecule has 2 rings (SSSR count). The molecule has 1 aliphatic rings. The van der Waals surface area contributed by atoms with Crippen LogP contribution >= 0.6 is 0 Å². The van der Waals surface area contributed by atoms with Crippen molar-refractivity contribution in [1.29, 1.82) is 0 Å². The lowest BCUT2D eigenvalue weighted by Gasteiger charge is -2.54. The van der Waals surface area contributed by atoms with Gasteiger partial charge in [-0.05, 0) is 30.7 Å². The van der Waals surface area contributed by atoms with E-state index in [1.807, 2.05) is 0 Å². The highest BCUT2D eigenvalue weighted by molar-refractivity contribution is 5.31. The molecule has 0 unspecified atom stereocenters. The van der Waals surface area contributed by atoms with E-state index in [-0.39, 0.29) is 5.54 Å². The number of nitrogens with two attached hydrogens (primary N) is 1. The van der Waals surface area contributed by atoms with Gasteiger partial charge in [-0.15, -0.1) is 0 Å². The van der Waals surface area contributed by atoms with E-state index < -0.39 is 0 Å². The second kappa shape index (κ2) is 3.89. The highest BCUT2D eigenvalue weighted by Crippen LogP contribution is 2.56. The van der Waals surface area contributed by atoms with Gasteiger partial charge >= 0.3 is 0 Å². The number of aryl methyl sites for hydroxylation is 1. The Kier molecular flexibility index (Phi) is 2.83. The van der Waals surface area contributed by atoms with Crippen molar-refractivity contribution >= 4 is 0 Å². The molecular weight excluding hydrogens is 194 g/mol. The minimum atomic E-state index is -0.0558. The number of rotatable bonds is 3. The van der Waals surface area contributed by atoms with Crippen LogP contribution in [0.1, 0.15) is 50.7 Å². The Hall–Kier alpha value is -0.820. The molecule has 0 aliphatic heterocycles. The van der Waals surface area contributed by atoms with Crippen LogP contribution in [-0.2, 0) is 5.54 Å². The normalized spacial score (nSPS) is 21.5. The predicted octanol–water partition coefficient (Wildman–Crippen LogP) is 3.75. The summed E-state index contributed by atoms with van der Waals surface area (Å²) >= 11 is 0. The molecule has 0 saturated heterocycles. The van der Waals surface area contributed by atoms with Crippen molar-refractivity contribution in [3.8, 4) is 0 Å². The van der Waals surface area contributed by atoms with Crippen LogP contribution in [0.3, 0.4) is 0 Å². The fraction of sp³-hybridized carbons (Fsp3) is 0.600. The summed E-state index contributed by atoms with van der Waals surface area (Å²) in [6.07, 6.45) is 4.81. The summed E-state index contributed by atoms with van der Waals surface area (Å²) in [4.78, 5) is 0. The van der Waals surface area contributed by atoms with Crippen LogP contribution in [0, 0.1) is 12.3 Å². The van der Waals surface area contributed by atoms with E-state index >= 15 is 0 Å². The fourth-order valence-electron chi connectivity index (χ4n) is 3.13. The van der Waals surface area contributed by atoms with Crippen molar-refractivity contribution in [2.75, 3.05) is 0 Å².